The van der Waals surface area contributed by atoms with Gasteiger partial charge in [-0.05, 0) is 49.2 Å². The largest absolute Gasteiger partial charge is 0.509 e. The predicted molar refractivity (Wildman–Crippen MR) is 103 cm³/mol. The van der Waals surface area contributed by atoms with E-state index in [0.717, 1.165) is 16.8 Å². The van der Waals surface area contributed by atoms with E-state index < -0.39 is 0 Å². The van der Waals surface area contributed by atoms with Crippen molar-refractivity contribution in [2.24, 2.45) is 0 Å². The molecule has 130 valence electrons. The second-order valence-electron chi connectivity index (χ2n) is 6.53. The first-order valence-electron chi connectivity index (χ1n) is 8.30. The van der Waals surface area contributed by atoms with E-state index in [1.165, 1.54) is 0 Å². The quantitative estimate of drug-likeness (QED) is 0.664. The van der Waals surface area contributed by atoms with E-state index in [-0.39, 0.29) is 35.1 Å². The molecule has 0 unspecified atom stereocenters. The lowest BCUT2D eigenvalue weighted by molar-refractivity contribution is 0.411. The van der Waals surface area contributed by atoms with Crippen molar-refractivity contribution >= 4 is 28.0 Å². The van der Waals surface area contributed by atoms with Crippen LogP contribution >= 0.6 is 0 Å². The highest BCUT2D eigenvalue weighted by Gasteiger charge is 2.31. The van der Waals surface area contributed by atoms with Crippen molar-refractivity contribution in [1.82, 2.24) is 9.97 Å². The lowest BCUT2D eigenvalue weighted by atomic mass is 10.1. The molecule has 1 aromatic heterocycles. The molecule has 2 aromatic carbocycles. The van der Waals surface area contributed by atoms with Gasteiger partial charge in [0.2, 0.25) is 0 Å². The molecule has 0 bridgehead atoms. The fourth-order valence-electron chi connectivity index (χ4n) is 3.36. The average Bonchev–Trinajstić information content (AvgIpc) is 2.88. The molecular weight excluding hydrogens is 328 g/mol. The Bertz CT molecular complexity index is 1120. The first kappa shape index (κ1) is 16.1. The number of aliphatic hydroxyl groups excluding tert-OH is 1. The van der Waals surface area contributed by atoms with Crippen LogP contribution in [0.15, 0.2) is 53.0 Å². The van der Waals surface area contributed by atoms with E-state index in [1.807, 2.05) is 26.0 Å². The lowest BCUT2D eigenvalue weighted by Gasteiger charge is -2.20. The molecule has 0 fully saturated rings. The number of anilines is 1. The summed E-state index contributed by atoms with van der Waals surface area (Å²) in [5, 5.41) is 19.5. The zero-order valence-corrected chi connectivity index (χ0v) is 14.5. The average molecular weight is 346 g/mol. The summed E-state index contributed by atoms with van der Waals surface area (Å²) in [5.41, 5.74) is 3.49. The Labute approximate surface area is 150 Å². The number of hydrogen-bond donors (Lipinski definition) is 3. The van der Waals surface area contributed by atoms with E-state index in [2.05, 4.69) is 16.0 Å². The van der Waals surface area contributed by atoms with Gasteiger partial charge >= 0.3 is 0 Å². The van der Waals surface area contributed by atoms with Crippen LogP contribution in [0.4, 0.5) is 5.69 Å². The summed E-state index contributed by atoms with van der Waals surface area (Å²) < 4.78 is 0. The fourth-order valence-corrected chi connectivity index (χ4v) is 3.36. The Morgan fingerprint density at radius 2 is 1.85 bits per heavy atom. The Kier molecular flexibility index (Phi) is 3.61. The zero-order chi connectivity index (χ0) is 18.4. The van der Waals surface area contributed by atoms with Gasteiger partial charge in [-0.3, -0.25) is 10.2 Å². The summed E-state index contributed by atoms with van der Waals surface area (Å²) in [4.78, 5) is 21.2. The summed E-state index contributed by atoms with van der Waals surface area (Å²) >= 11 is 0. The van der Waals surface area contributed by atoms with Crippen LogP contribution in [0.3, 0.4) is 0 Å². The Morgan fingerprint density at radius 3 is 2.58 bits per heavy atom. The number of aryl methyl sites for hydroxylation is 2. The van der Waals surface area contributed by atoms with Gasteiger partial charge in [-0.1, -0.05) is 18.2 Å². The maximum Gasteiger partial charge on any atom is 0.259 e. The molecule has 4 rings (SSSR count). The minimum atomic E-state index is -0.288. The molecule has 26 heavy (non-hydrogen) atoms. The number of para-hydroxylation sites is 1. The van der Waals surface area contributed by atoms with Crippen molar-refractivity contribution < 1.29 is 5.11 Å². The van der Waals surface area contributed by atoms with Crippen molar-refractivity contribution in [2.45, 2.75) is 13.8 Å². The third kappa shape index (κ3) is 2.56. The Hall–Kier alpha value is -3.41. The van der Waals surface area contributed by atoms with Crippen molar-refractivity contribution in [1.29, 1.82) is 5.41 Å². The second-order valence-corrected chi connectivity index (χ2v) is 6.53. The summed E-state index contributed by atoms with van der Waals surface area (Å²) in [6.45, 7) is 4.16. The number of benzene rings is 2. The number of aromatic nitrogens is 2. The number of amidine groups is 1. The summed E-state index contributed by atoms with van der Waals surface area (Å²) in [6.07, 6.45) is 0. The number of fused-ring (bicyclic) bond motifs is 1. The monoisotopic (exact) mass is 346 g/mol. The molecule has 3 N–H and O–H groups in total. The van der Waals surface area contributed by atoms with Gasteiger partial charge in [0, 0.05) is 5.69 Å². The molecule has 1 aliphatic heterocycles. The first-order chi connectivity index (χ1) is 12.4. The number of nitrogens with zero attached hydrogens (tertiary/aromatic N) is 2. The number of H-pyrrole nitrogens is 1. The molecule has 2 heterocycles. The van der Waals surface area contributed by atoms with Crippen LogP contribution in [-0.2, 0) is 0 Å². The third-order valence-corrected chi connectivity index (χ3v) is 4.47. The van der Waals surface area contributed by atoms with E-state index in [9.17, 15) is 9.90 Å². The maximum atomic E-state index is 12.3. The minimum absolute atomic E-state index is 0.0209. The molecule has 0 saturated carbocycles. The van der Waals surface area contributed by atoms with Crippen LogP contribution in [0.25, 0.3) is 16.5 Å². The summed E-state index contributed by atoms with van der Waals surface area (Å²) in [5.74, 6) is 0.349. The second kappa shape index (κ2) is 5.84. The third-order valence-electron chi connectivity index (χ3n) is 4.47. The maximum absolute atomic E-state index is 12.3. The molecule has 0 amide bonds. The van der Waals surface area contributed by atoms with Gasteiger partial charge in [0.25, 0.3) is 5.56 Å². The highest BCUT2D eigenvalue weighted by atomic mass is 16.3. The van der Waals surface area contributed by atoms with Gasteiger partial charge in [0.1, 0.15) is 17.4 Å². The van der Waals surface area contributed by atoms with E-state index in [0.29, 0.717) is 10.9 Å². The molecule has 6 heteroatoms. The molecule has 0 radical (unpaired) electrons. The van der Waals surface area contributed by atoms with Crippen LogP contribution in [0, 0.1) is 19.3 Å². The van der Waals surface area contributed by atoms with Crippen molar-refractivity contribution in [3.05, 3.63) is 75.5 Å². The van der Waals surface area contributed by atoms with Crippen LogP contribution in [0.5, 0.6) is 0 Å². The number of aromatic amines is 1. The molecule has 0 spiro atoms. The van der Waals surface area contributed by atoms with Crippen molar-refractivity contribution in [3.63, 3.8) is 0 Å². The summed E-state index contributed by atoms with van der Waals surface area (Å²) in [7, 11) is 0. The predicted octanol–water partition coefficient (Wildman–Crippen LogP) is 3.31. The molecule has 1 aliphatic rings. The highest BCUT2D eigenvalue weighted by molar-refractivity contribution is 6.30. The zero-order valence-electron chi connectivity index (χ0n) is 14.5. The normalized spacial score (nSPS) is 14.5. The van der Waals surface area contributed by atoms with Crippen LogP contribution in [0.2, 0.25) is 0 Å². The SMILES string of the molecule is Cc1cc(C)cc(N2CC(O)=C(c3nc4ccccc4c(=O)[nH]3)C2=N)c1. The number of nitrogens with one attached hydrogen (secondary N) is 2. The van der Waals surface area contributed by atoms with Gasteiger partial charge in [-0.15, -0.1) is 0 Å². The Balaban J connectivity index is 1.79. The van der Waals surface area contributed by atoms with Gasteiger partial charge in [-0.2, -0.15) is 0 Å². The smallest absolute Gasteiger partial charge is 0.259 e. The summed E-state index contributed by atoms with van der Waals surface area (Å²) in [6, 6.07) is 13.0. The van der Waals surface area contributed by atoms with Crippen molar-refractivity contribution in [2.75, 3.05) is 11.4 Å². The lowest BCUT2D eigenvalue weighted by Crippen LogP contribution is -2.27. The van der Waals surface area contributed by atoms with E-state index >= 15 is 0 Å². The van der Waals surface area contributed by atoms with Crippen LogP contribution in [-0.4, -0.2) is 27.5 Å². The van der Waals surface area contributed by atoms with Crippen LogP contribution < -0.4 is 10.5 Å². The molecule has 0 saturated heterocycles. The molecule has 0 aliphatic carbocycles. The molecule has 0 atom stereocenters. The van der Waals surface area contributed by atoms with Crippen molar-refractivity contribution in [3.8, 4) is 0 Å². The molecule has 3 aromatic rings. The first-order valence-corrected chi connectivity index (χ1v) is 8.30. The van der Waals surface area contributed by atoms with E-state index in [4.69, 9.17) is 5.41 Å². The fraction of sp³-hybridized carbons (Fsp3) is 0.150. The minimum Gasteiger partial charge on any atom is -0.509 e. The van der Waals surface area contributed by atoms with Gasteiger partial charge in [0.15, 0.2) is 0 Å². The number of aliphatic hydroxyl groups is 1. The topological polar surface area (TPSA) is 93.1 Å². The number of rotatable bonds is 2. The van der Waals surface area contributed by atoms with E-state index in [1.54, 1.807) is 29.2 Å². The van der Waals surface area contributed by atoms with Gasteiger partial charge in [-0.25, -0.2) is 4.98 Å². The number of hydrogen-bond acceptors (Lipinski definition) is 4. The molecule has 6 nitrogen and oxygen atoms in total. The van der Waals surface area contributed by atoms with Crippen LogP contribution in [0.1, 0.15) is 17.0 Å². The van der Waals surface area contributed by atoms with Gasteiger partial charge < -0.3 is 15.0 Å². The highest BCUT2D eigenvalue weighted by Crippen LogP contribution is 2.30. The molecular formula is C20H18N4O2. The standard InChI is InChI=1S/C20H18N4O2/c1-11-7-12(2)9-13(8-11)24-10-16(25)17(18(24)21)19-22-15-6-4-3-5-14(15)20(26)23-19/h3-9,21,25H,10H2,1-2H3,(H,22,23,26). The Morgan fingerprint density at radius 1 is 1.15 bits per heavy atom. The van der Waals surface area contributed by atoms with Gasteiger partial charge in [0.05, 0.1) is 23.0 Å².